The number of nitrogens with zero attached hydrogens (tertiary/aromatic N) is 1. The number of ether oxygens (including phenoxy) is 2. The molecule has 0 spiro atoms. The fourth-order valence-electron chi connectivity index (χ4n) is 3.74. The van der Waals surface area contributed by atoms with E-state index in [9.17, 15) is 23.1 Å². The molecule has 1 heterocycles. The van der Waals surface area contributed by atoms with Crippen LogP contribution in [0.25, 0.3) is 11.3 Å². The molecule has 0 saturated heterocycles. The second-order valence-corrected chi connectivity index (χ2v) is 9.19. The van der Waals surface area contributed by atoms with E-state index < -0.39 is 23.3 Å². The lowest BCUT2D eigenvalue weighted by Crippen LogP contribution is -2.38. The van der Waals surface area contributed by atoms with E-state index in [1.165, 1.54) is 26.0 Å². The number of carboxylic acid groups (broad SMARTS) is 1. The Bertz CT molecular complexity index is 1220. The smallest absolute Gasteiger partial charge is 0.416 e. The summed E-state index contributed by atoms with van der Waals surface area (Å²) in [7, 11) is 0. The van der Waals surface area contributed by atoms with E-state index >= 15 is 0 Å². The van der Waals surface area contributed by atoms with Gasteiger partial charge in [-0.3, -0.25) is 4.98 Å². The third-order valence-corrected chi connectivity index (χ3v) is 5.84. The average Bonchev–Trinajstić information content (AvgIpc) is 2.80. The van der Waals surface area contributed by atoms with E-state index in [1.807, 2.05) is 26.8 Å². The lowest BCUT2D eigenvalue weighted by Gasteiger charge is -2.24. The molecule has 0 fully saturated rings. The summed E-state index contributed by atoms with van der Waals surface area (Å²) >= 11 is 0. The molecule has 5 nitrogen and oxygen atoms in total. The number of aromatic nitrogens is 1. The van der Waals surface area contributed by atoms with Crippen molar-refractivity contribution in [3.63, 3.8) is 0 Å². The van der Waals surface area contributed by atoms with Crippen molar-refractivity contribution in [2.45, 2.75) is 65.3 Å². The summed E-state index contributed by atoms with van der Waals surface area (Å²) in [4.78, 5) is 16.0. The van der Waals surface area contributed by atoms with E-state index in [0.29, 0.717) is 22.8 Å². The Kier molecular flexibility index (Phi) is 7.96. The molecule has 0 aliphatic rings. The lowest BCUT2D eigenvalue weighted by molar-refractivity contribution is -0.152. The number of aliphatic carboxylic acids is 1. The zero-order valence-electron chi connectivity index (χ0n) is 20.9. The highest BCUT2D eigenvalue weighted by Gasteiger charge is 2.31. The topological polar surface area (TPSA) is 68.7 Å². The summed E-state index contributed by atoms with van der Waals surface area (Å²) in [5.74, 6) is 0.00568. The van der Waals surface area contributed by atoms with Crippen LogP contribution < -0.4 is 9.47 Å². The third kappa shape index (κ3) is 6.36. The van der Waals surface area contributed by atoms with Crippen molar-refractivity contribution in [1.82, 2.24) is 4.98 Å². The van der Waals surface area contributed by atoms with Gasteiger partial charge in [-0.15, -0.1) is 0 Å². The zero-order valence-corrected chi connectivity index (χ0v) is 20.9. The summed E-state index contributed by atoms with van der Waals surface area (Å²) in [6.07, 6.45) is -3.08. The van der Waals surface area contributed by atoms with Gasteiger partial charge in [-0.2, -0.15) is 13.2 Å². The molecule has 1 aromatic heterocycles. The van der Waals surface area contributed by atoms with Crippen molar-refractivity contribution in [1.29, 1.82) is 0 Å². The summed E-state index contributed by atoms with van der Waals surface area (Å²) in [6.45, 7) is 8.69. The average molecular weight is 502 g/mol. The molecule has 0 radical (unpaired) electrons. The fraction of sp³-hybridized carbons (Fsp3) is 0.357. The molecule has 0 aliphatic heterocycles. The predicted octanol–water partition coefficient (Wildman–Crippen LogP) is 7.55. The molecule has 192 valence electrons. The van der Waals surface area contributed by atoms with Crippen LogP contribution in [-0.2, 0) is 11.0 Å². The van der Waals surface area contributed by atoms with Gasteiger partial charge in [0, 0.05) is 16.8 Å². The highest BCUT2D eigenvalue weighted by Crippen LogP contribution is 2.34. The molecule has 1 N–H and O–H groups in total. The van der Waals surface area contributed by atoms with Gasteiger partial charge in [0.05, 0.1) is 11.3 Å². The normalized spacial score (nSPS) is 12.8. The van der Waals surface area contributed by atoms with Gasteiger partial charge in [-0.1, -0.05) is 31.5 Å². The van der Waals surface area contributed by atoms with Crippen molar-refractivity contribution in [3.8, 4) is 22.8 Å². The second kappa shape index (κ2) is 10.6. The SMILES string of the molecule is CCCC(Oc1ccc(OC(C)(C)C(=O)O)c(C)c1)c1ccc(-c2ccc(C(F)(F)F)cc2)nc1C. The maximum absolute atomic E-state index is 12.9. The van der Waals surface area contributed by atoms with Crippen LogP contribution >= 0.6 is 0 Å². The molecule has 0 bridgehead atoms. The molecular formula is C28H30F3NO4. The Morgan fingerprint density at radius 2 is 1.69 bits per heavy atom. The largest absolute Gasteiger partial charge is 0.486 e. The molecule has 2 aromatic carbocycles. The first-order valence-corrected chi connectivity index (χ1v) is 11.7. The van der Waals surface area contributed by atoms with Crippen LogP contribution in [-0.4, -0.2) is 21.7 Å². The van der Waals surface area contributed by atoms with Gasteiger partial charge in [0.15, 0.2) is 5.60 Å². The first kappa shape index (κ1) is 27.0. The van der Waals surface area contributed by atoms with Crippen molar-refractivity contribution in [2.75, 3.05) is 0 Å². The fourth-order valence-corrected chi connectivity index (χ4v) is 3.74. The van der Waals surface area contributed by atoms with Crippen LogP contribution in [0.1, 0.15) is 62.1 Å². The Morgan fingerprint density at radius 1 is 1.03 bits per heavy atom. The summed E-state index contributed by atoms with van der Waals surface area (Å²) < 4.78 is 50.6. The van der Waals surface area contributed by atoms with Crippen molar-refractivity contribution < 1.29 is 32.5 Å². The molecule has 1 atom stereocenters. The number of alkyl halides is 3. The second-order valence-electron chi connectivity index (χ2n) is 9.19. The van der Waals surface area contributed by atoms with Crippen LogP contribution in [0.5, 0.6) is 11.5 Å². The first-order valence-electron chi connectivity index (χ1n) is 11.7. The Morgan fingerprint density at radius 3 is 2.22 bits per heavy atom. The molecule has 36 heavy (non-hydrogen) atoms. The monoisotopic (exact) mass is 501 g/mol. The van der Waals surface area contributed by atoms with Crippen molar-refractivity contribution in [2.24, 2.45) is 0 Å². The molecule has 3 rings (SSSR count). The molecule has 1 unspecified atom stereocenters. The number of hydrogen-bond donors (Lipinski definition) is 1. The minimum absolute atomic E-state index is 0.286. The Labute approximate surface area is 208 Å². The van der Waals surface area contributed by atoms with Gasteiger partial charge in [-0.05, 0) is 76.1 Å². The van der Waals surface area contributed by atoms with Crippen LogP contribution in [0, 0.1) is 13.8 Å². The standard InChI is InChI=1S/C28H30F3NO4/c1-6-7-25(35-21-12-15-24(17(2)16-21)36-27(4,5)26(33)34)22-13-14-23(32-18(22)3)19-8-10-20(11-9-19)28(29,30)31/h8-16,25H,6-7H2,1-5H3,(H,33,34). The van der Waals surface area contributed by atoms with Crippen molar-refractivity contribution in [3.05, 3.63) is 77.0 Å². The summed E-state index contributed by atoms with van der Waals surface area (Å²) in [6, 6.07) is 13.9. The minimum Gasteiger partial charge on any atom is -0.486 e. The van der Waals surface area contributed by atoms with Crippen molar-refractivity contribution >= 4 is 5.97 Å². The molecule has 0 saturated carbocycles. The van der Waals surface area contributed by atoms with Gasteiger partial charge in [0.1, 0.15) is 17.6 Å². The summed E-state index contributed by atoms with van der Waals surface area (Å²) in [5.41, 5.74) is 1.47. The van der Waals surface area contributed by atoms with Gasteiger partial charge in [0.2, 0.25) is 0 Å². The number of aryl methyl sites for hydroxylation is 2. The highest BCUT2D eigenvalue weighted by atomic mass is 19.4. The molecule has 0 aliphatic carbocycles. The van der Waals surface area contributed by atoms with Gasteiger partial charge in [0.25, 0.3) is 0 Å². The Balaban J connectivity index is 1.82. The molecular weight excluding hydrogens is 471 g/mol. The van der Waals surface area contributed by atoms with E-state index in [-0.39, 0.29) is 6.10 Å². The van der Waals surface area contributed by atoms with Gasteiger partial charge in [-0.25, -0.2) is 4.79 Å². The Hall–Kier alpha value is -3.55. The van der Waals surface area contributed by atoms with Crippen LogP contribution in [0.2, 0.25) is 0 Å². The maximum Gasteiger partial charge on any atom is 0.416 e. The molecule has 3 aromatic rings. The zero-order chi connectivity index (χ0) is 26.7. The maximum atomic E-state index is 12.9. The van der Waals surface area contributed by atoms with E-state index in [2.05, 4.69) is 4.98 Å². The first-order chi connectivity index (χ1) is 16.8. The van der Waals surface area contributed by atoms with E-state index in [0.717, 1.165) is 41.8 Å². The van der Waals surface area contributed by atoms with Gasteiger partial charge < -0.3 is 14.6 Å². The third-order valence-electron chi connectivity index (χ3n) is 5.84. The number of pyridine rings is 1. The van der Waals surface area contributed by atoms with Gasteiger partial charge >= 0.3 is 12.1 Å². The number of benzene rings is 2. The lowest BCUT2D eigenvalue weighted by atomic mass is 10.0. The molecule has 0 amide bonds. The van der Waals surface area contributed by atoms with Crippen LogP contribution in [0.3, 0.4) is 0 Å². The number of hydrogen-bond acceptors (Lipinski definition) is 4. The summed E-state index contributed by atoms with van der Waals surface area (Å²) in [5, 5.41) is 9.31. The molecule has 8 heteroatoms. The number of carboxylic acids is 1. The number of rotatable bonds is 9. The van der Waals surface area contributed by atoms with E-state index in [4.69, 9.17) is 9.47 Å². The number of carbonyl (C=O) groups is 1. The quantitative estimate of drug-likeness (QED) is 0.328. The highest BCUT2D eigenvalue weighted by molar-refractivity contribution is 5.76. The van der Waals surface area contributed by atoms with E-state index in [1.54, 1.807) is 24.3 Å². The van der Waals surface area contributed by atoms with Crippen LogP contribution in [0.4, 0.5) is 13.2 Å². The minimum atomic E-state index is -4.38. The van der Waals surface area contributed by atoms with Crippen LogP contribution in [0.15, 0.2) is 54.6 Å². The number of halogens is 3. The predicted molar refractivity (Wildman–Crippen MR) is 131 cm³/mol.